The van der Waals surface area contributed by atoms with Crippen molar-refractivity contribution in [1.29, 1.82) is 0 Å². The van der Waals surface area contributed by atoms with Crippen molar-refractivity contribution in [2.45, 2.75) is 17.2 Å². The van der Waals surface area contributed by atoms with Crippen LogP contribution in [0.4, 0.5) is 32.0 Å². The van der Waals surface area contributed by atoms with E-state index in [4.69, 9.17) is 0 Å². The normalized spacial score (nSPS) is 16.6. The van der Waals surface area contributed by atoms with Crippen LogP contribution in [0.1, 0.15) is 21.5 Å². The van der Waals surface area contributed by atoms with Crippen molar-refractivity contribution < 1.29 is 39.6 Å². The van der Waals surface area contributed by atoms with Crippen LogP contribution in [0.5, 0.6) is 0 Å². The molecule has 2 aromatic carbocycles. The van der Waals surface area contributed by atoms with Crippen molar-refractivity contribution >= 4 is 21.6 Å². The fraction of sp³-hybridized carbons (Fsp3) is 0.350. The van der Waals surface area contributed by atoms with Gasteiger partial charge < -0.3 is 10.2 Å². The highest BCUT2D eigenvalue weighted by molar-refractivity contribution is 7.89. The van der Waals surface area contributed by atoms with E-state index in [9.17, 15) is 39.6 Å². The molecule has 0 unspecified atom stereocenters. The number of halogens is 6. The number of alkyl halides is 6. The van der Waals surface area contributed by atoms with Gasteiger partial charge in [0.2, 0.25) is 10.0 Å². The van der Waals surface area contributed by atoms with Crippen molar-refractivity contribution in [3.05, 3.63) is 59.2 Å². The van der Waals surface area contributed by atoms with Gasteiger partial charge in [0.05, 0.1) is 16.0 Å². The molecule has 6 nitrogen and oxygen atoms in total. The molecule has 2 aromatic rings. The SMILES string of the molecule is CN1CCN(S(=O)(=O)c2cccc(C(=O)Nc3cc(C(F)(F)F)cc(C(F)(F)F)c3)c2)CC1. The molecule has 1 fully saturated rings. The molecule has 1 aliphatic rings. The molecule has 13 heteroatoms. The summed E-state index contributed by atoms with van der Waals surface area (Å²) in [5.41, 5.74) is -4.14. The van der Waals surface area contributed by atoms with Crippen molar-refractivity contribution in [2.24, 2.45) is 0 Å². The van der Waals surface area contributed by atoms with Crippen LogP contribution in [0.3, 0.4) is 0 Å². The summed E-state index contributed by atoms with van der Waals surface area (Å²) in [5, 5.41) is 1.99. The number of benzene rings is 2. The zero-order valence-corrected chi connectivity index (χ0v) is 18.0. The van der Waals surface area contributed by atoms with Crippen LogP contribution in [-0.2, 0) is 22.4 Å². The van der Waals surface area contributed by atoms with E-state index in [1.165, 1.54) is 22.5 Å². The van der Waals surface area contributed by atoms with Gasteiger partial charge in [-0.1, -0.05) is 6.07 Å². The van der Waals surface area contributed by atoms with Gasteiger partial charge in [0.15, 0.2) is 0 Å². The molecule has 0 saturated carbocycles. The van der Waals surface area contributed by atoms with Crippen LogP contribution in [0.25, 0.3) is 0 Å². The Morgan fingerprint density at radius 2 is 1.42 bits per heavy atom. The molecular formula is C20H19F6N3O3S. The number of hydrogen-bond acceptors (Lipinski definition) is 4. The number of amides is 1. The summed E-state index contributed by atoms with van der Waals surface area (Å²) in [6.45, 7) is 1.49. The number of anilines is 1. The topological polar surface area (TPSA) is 69.7 Å². The molecule has 1 aliphatic heterocycles. The van der Waals surface area contributed by atoms with Gasteiger partial charge >= 0.3 is 12.4 Å². The first-order chi connectivity index (χ1) is 15.2. The average molecular weight is 495 g/mol. The van der Waals surface area contributed by atoms with Crippen molar-refractivity contribution in [1.82, 2.24) is 9.21 Å². The molecule has 0 bridgehead atoms. The second-order valence-corrected chi connectivity index (χ2v) is 9.42. The largest absolute Gasteiger partial charge is 0.416 e. The van der Waals surface area contributed by atoms with E-state index in [1.807, 2.05) is 17.3 Å². The third kappa shape index (κ3) is 5.84. The predicted octanol–water partition coefficient (Wildman–Crippen LogP) is 3.91. The first-order valence-electron chi connectivity index (χ1n) is 9.57. The van der Waals surface area contributed by atoms with Gasteiger partial charge in [0, 0.05) is 37.4 Å². The second kappa shape index (κ2) is 8.95. The lowest BCUT2D eigenvalue weighted by Gasteiger charge is -2.31. The Morgan fingerprint density at radius 3 is 1.94 bits per heavy atom. The minimum absolute atomic E-state index is 0.0566. The molecule has 0 radical (unpaired) electrons. The predicted molar refractivity (Wildman–Crippen MR) is 107 cm³/mol. The fourth-order valence-corrected chi connectivity index (χ4v) is 4.67. The van der Waals surface area contributed by atoms with Crippen LogP contribution in [-0.4, -0.2) is 56.8 Å². The zero-order valence-electron chi connectivity index (χ0n) is 17.2. The van der Waals surface area contributed by atoms with Gasteiger partial charge in [-0.3, -0.25) is 4.79 Å². The highest BCUT2D eigenvalue weighted by Crippen LogP contribution is 2.37. The second-order valence-electron chi connectivity index (χ2n) is 7.48. The molecular weight excluding hydrogens is 476 g/mol. The number of rotatable bonds is 4. The Labute approximate surface area is 185 Å². The maximum atomic E-state index is 13.0. The van der Waals surface area contributed by atoms with E-state index in [-0.39, 0.29) is 29.6 Å². The van der Waals surface area contributed by atoms with Crippen LogP contribution < -0.4 is 5.32 Å². The first kappa shape index (κ1) is 25.0. The van der Waals surface area contributed by atoms with Gasteiger partial charge in [-0.15, -0.1) is 0 Å². The minimum Gasteiger partial charge on any atom is -0.322 e. The molecule has 0 spiro atoms. The molecule has 0 atom stereocenters. The molecule has 0 aromatic heterocycles. The third-order valence-electron chi connectivity index (χ3n) is 5.04. The van der Waals surface area contributed by atoms with Crippen LogP contribution >= 0.6 is 0 Å². The minimum atomic E-state index is -5.07. The summed E-state index contributed by atoms with van der Waals surface area (Å²) >= 11 is 0. The van der Waals surface area contributed by atoms with E-state index in [0.717, 1.165) is 6.07 Å². The third-order valence-corrected chi connectivity index (χ3v) is 6.94. The zero-order chi connectivity index (χ0) is 24.6. The molecule has 0 aliphatic carbocycles. The van der Waals surface area contributed by atoms with E-state index in [1.54, 1.807) is 0 Å². The van der Waals surface area contributed by atoms with Gasteiger partial charge in [-0.2, -0.15) is 30.6 Å². The number of likely N-dealkylation sites (N-methyl/N-ethyl adjacent to an activating group) is 1. The molecule has 33 heavy (non-hydrogen) atoms. The summed E-state index contributed by atoms with van der Waals surface area (Å²) in [4.78, 5) is 14.3. The highest BCUT2D eigenvalue weighted by atomic mass is 32.2. The summed E-state index contributed by atoms with van der Waals surface area (Å²) in [5.74, 6) is -1.06. The van der Waals surface area contributed by atoms with Crippen molar-refractivity contribution in [2.75, 3.05) is 38.5 Å². The number of carbonyl (C=O) groups is 1. The average Bonchev–Trinajstić information content (AvgIpc) is 2.72. The standard InChI is InChI=1S/C20H19F6N3O3S/c1-28-5-7-29(8-6-28)33(31,32)17-4-2-3-13(9-17)18(30)27-16-11-14(19(21,22)23)10-15(12-16)20(24,25)26/h2-4,9-12H,5-8H2,1H3,(H,27,30). The number of sulfonamides is 1. The number of hydrogen-bond donors (Lipinski definition) is 1. The molecule has 1 heterocycles. The Hall–Kier alpha value is -2.64. The Balaban J connectivity index is 1.89. The van der Waals surface area contributed by atoms with Gasteiger partial charge in [0.25, 0.3) is 5.91 Å². The van der Waals surface area contributed by atoms with Crippen LogP contribution in [0, 0.1) is 0 Å². The van der Waals surface area contributed by atoms with E-state index >= 15 is 0 Å². The lowest BCUT2D eigenvalue weighted by molar-refractivity contribution is -0.143. The number of piperazine rings is 1. The summed E-state index contributed by atoms with van der Waals surface area (Å²) in [6, 6.07) is 5.45. The lowest BCUT2D eigenvalue weighted by Crippen LogP contribution is -2.47. The van der Waals surface area contributed by atoms with Crippen molar-refractivity contribution in [3.8, 4) is 0 Å². The first-order valence-corrected chi connectivity index (χ1v) is 11.0. The number of nitrogens with zero attached hydrogens (tertiary/aromatic N) is 2. The Morgan fingerprint density at radius 1 is 0.879 bits per heavy atom. The Bertz CT molecular complexity index is 1110. The highest BCUT2D eigenvalue weighted by Gasteiger charge is 2.37. The monoisotopic (exact) mass is 495 g/mol. The summed E-state index contributed by atoms with van der Waals surface area (Å²) in [7, 11) is -2.10. The maximum absolute atomic E-state index is 13.0. The molecule has 3 rings (SSSR count). The molecule has 1 saturated heterocycles. The Kier molecular flexibility index (Phi) is 6.78. The summed E-state index contributed by atoms with van der Waals surface area (Å²) < 4.78 is 105. The van der Waals surface area contributed by atoms with Crippen LogP contribution in [0.15, 0.2) is 47.4 Å². The fourth-order valence-electron chi connectivity index (χ4n) is 3.21. The molecule has 1 amide bonds. The van der Waals surface area contributed by atoms with Crippen molar-refractivity contribution in [3.63, 3.8) is 0 Å². The van der Waals surface area contributed by atoms with Gasteiger partial charge in [0.1, 0.15) is 0 Å². The lowest BCUT2D eigenvalue weighted by atomic mass is 10.1. The quantitative estimate of drug-likeness (QED) is 0.654. The van der Waals surface area contributed by atoms with E-state index in [0.29, 0.717) is 25.2 Å². The van der Waals surface area contributed by atoms with Gasteiger partial charge in [-0.05, 0) is 43.4 Å². The molecule has 1 N–H and O–H groups in total. The molecule has 180 valence electrons. The maximum Gasteiger partial charge on any atom is 0.416 e. The van der Waals surface area contributed by atoms with Gasteiger partial charge in [-0.25, -0.2) is 8.42 Å². The summed E-state index contributed by atoms with van der Waals surface area (Å²) in [6.07, 6.45) is -10.1. The van der Waals surface area contributed by atoms with E-state index in [2.05, 4.69) is 0 Å². The van der Waals surface area contributed by atoms with E-state index < -0.39 is 45.1 Å². The number of nitrogens with one attached hydrogen (secondary N) is 1. The number of carbonyl (C=O) groups excluding carboxylic acids is 1. The van der Waals surface area contributed by atoms with Crippen LogP contribution in [0.2, 0.25) is 0 Å². The smallest absolute Gasteiger partial charge is 0.322 e.